The molecule has 2 N–H and O–H groups in total. The average Bonchev–Trinajstić information content (AvgIpc) is 2.48. The van der Waals surface area contributed by atoms with E-state index in [4.69, 9.17) is 21.4 Å². The summed E-state index contributed by atoms with van der Waals surface area (Å²) < 4.78 is 19.8. The predicted octanol–water partition coefficient (Wildman–Crippen LogP) is 3.90. The first-order valence-corrected chi connectivity index (χ1v) is 7.94. The van der Waals surface area contributed by atoms with Crippen molar-refractivity contribution in [3.63, 3.8) is 0 Å². The Bertz CT molecular complexity index is 640. The van der Waals surface area contributed by atoms with Gasteiger partial charge in [-0.3, -0.25) is 0 Å². The summed E-state index contributed by atoms with van der Waals surface area (Å²) in [6, 6.07) is 9.93. The summed E-state index contributed by atoms with van der Waals surface area (Å²) in [5, 5.41) is 12.3. The van der Waals surface area contributed by atoms with E-state index in [1.54, 1.807) is 6.07 Å². The number of benzene rings is 2. The lowest BCUT2D eigenvalue weighted by molar-refractivity contribution is 0.288. The van der Waals surface area contributed by atoms with E-state index in [-0.39, 0.29) is 19.0 Å². The molecule has 118 valence electrons. The van der Waals surface area contributed by atoms with Gasteiger partial charge in [-0.1, -0.05) is 33.6 Å². The van der Waals surface area contributed by atoms with Gasteiger partial charge in [-0.2, -0.15) is 0 Å². The molecule has 0 radical (unpaired) electrons. The fourth-order valence-corrected chi connectivity index (χ4v) is 2.55. The Balaban J connectivity index is 2.08. The Morgan fingerprint density at radius 2 is 2.00 bits per heavy atom. The minimum absolute atomic E-state index is 0.0788. The molecule has 0 amide bonds. The Kier molecular flexibility index (Phi) is 6.64. The van der Waals surface area contributed by atoms with Crippen LogP contribution in [0, 0.1) is 5.82 Å². The zero-order valence-corrected chi connectivity index (χ0v) is 14.1. The van der Waals surface area contributed by atoms with Gasteiger partial charge in [-0.05, 0) is 30.3 Å². The lowest BCUT2D eigenvalue weighted by atomic mass is 10.2. The summed E-state index contributed by atoms with van der Waals surface area (Å²) in [7, 11) is 0. The number of nitrogens with one attached hydrogen (secondary N) is 1. The van der Waals surface area contributed by atoms with Gasteiger partial charge in [0.25, 0.3) is 0 Å². The molecule has 0 saturated carbocycles. The quantitative estimate of drug-likeness (QED) is 0.707. The van der Waals surface area contributed by atoms with E-state index in [1.165, 1.54) is 12.1 Å². The second-order valence-electron chi connectivity index (χ2n) is 4.68. The van der Waals surface area contributed by atoms with Crippen molar-refractivity contribution >= 4 is 27.5 Å². The van der Waals surface area contributed by atoms with Gasteiger partial charge in [0.15, 0.2) is 0 Å². The zero-order valence-electron chi connectivity index (χ0n) is 11.8. The molecule has 22 heavy (non-hydrogen) atoms. The van der Waals surface area contributed by atoms with Crippen LogP contribution in [0.1, 0.15) is 11.1 Å². The molecule has 0 atom stereocenters. The Hall–Kier alpha value is -1.14. The van der Waals surface area contributed by atoms with E-state index >= 15 is 0 Å². The highest BCUT2D eigenvalue weighted by Gasteiger charge is 2.07. The molecule has 2 aromatic rings. The van der Waals surface area contributed by atoms with E-state index in [0.29, 0.717) is 23.9 Å². The van der Waals surface area contributed by atoms with E-state index in [9.17, 15) is 4.39 Å². The Morgan fingerprint density at radius 1 is 1.18 bits per heavy atom. The minimum atomic E-state index is -0.369. The normalized spacial score (nSPS) is 10.7. The van der Waals surface area contributed by atoms with E-state index < -0.39 is 0 Å². The Morgan fingerprint density at radius 3 is 2.73 bits per heavy atom. The van der Waals surface area contributed by atoms with Crippen molar-refractivity contribution in [3.05, 3.63) is 62.8 Å². The average molecular weight is 389 g/mol. The number of hydrogen-bond donors (Lipinski definition) is 2. The molecule has 2 rings (SSSR count). The van der Waals surface area contributed by atoms with Gasteiger partial charge in [0.1, 0.15) is 18.2 Å². The molecule has 0 aliphatic carbocycles. The molecular formula is C16H16BrClFNO2. The van der Waals surface area contributed by atoms with E-state index in [2.05, 4.69) is 21.2 Å². The summed E-state index contributed by atoms with van der Waals surface area (Å²) in [6.07, 6.45) is 0. The van der Waals surface area contributed by atoms with Gasteiger partial charge >= 0.3 is 0 Å². The van der Waals surface area contributed by atoms with Crippen LogP contribution in [-0.2, 0) is 13.2 Å². The first-order valence-electron chi connectivity index (χ1n) is 6.77. The van der Waals surface area contributed by atoms with Crippen molar-refractivity contribution in [2.45, 2.75) is 13.2 Å². The first kappa shape index (κ1) is 17.2. The van der Waals surface area contributed by atoms with Crippen molar-refractivity contribution in [1.29, 1.82) is 0 Å². The van der Waals surface area contributed by atoms with Crippen LogP contribution in [0.4, 0.5) is 4.39 Å². The molecule has 6 heteroatoms. The summed E-state index contributed by atoms with van der Waals surface area (Å²) in [5.41, 5.74) is 1.68. The molecule has 0 saturated heterocycles. The molecule has 0 bridgehead atoms. The van der Waals surface area contributed by atoms with Crippen LogP contribution in [0.15, 0.2) is 40.9 Å². The maximum Gasteiger partial charge on any atom is 0.124 e. The molecule has 0 fully saturated rings. The molecule has 0 aromatic heterocycles. The number of halogens is 3. The van der Waals surface area contributed by atoms with Crippen molar-refractivity contribution in [2.24, 2.45) is 0 Å². The highest BCUT2D eigenvalue weighted by Crippen LogP contribution is 2.25. The van der Waals surface area contributed by atoms with Gasteiger partial charge in [0.2, 0.25) is 0 Å². The summed E-state index contributed by atoms with van der Waals surface area (Å²) in [4.78, 5) is 0. The second kappa shape index (κ2) is 8.48. The molecule has 0 spiro atoms. The largest absolute Gasteiger partial charge is 0.489 e. The second-order valence-corrected chi connectivity index (χ2v) is 6.00. The van der Waals surface area contributed by atoms with E-state index in [0.717, 1.165) is 15.6 Å². The summed E-state index contributed by atoms with van der Waals surface area (Å²) in [5.74, 6) is 0.348. The monoisotopic (exact) mass is 387 g/mol. The molecule has 0 aliphatic heterocycles. The predicted molar refractivity (Wildman–Crippen MR) is 88.7 cm³/mol. The lowest BCUT2D eigenvalue weighted by Gasteiger charge is -2.13. The van der Waals surface area contributed by atoms with Gasteiger partial charge in [0.05, 0.1) is 11.6 Å². The number of aliphatic hydroxyl groups is 1. The fraction of sp³-hybridized carbons (Fsp3) is 0.250. The van der Waals surface area contributed by atoms with Crippen LogP contribution in [0.3, 0.4) is 0 Å². The molecule has 3 nitrogen and oxygen atoms in total. The highest BCUT2D eigenvalue weighted by atomic mass is 79.9. The van der Waals surface area contributed by atoms with Crippen LogP contribution in [0.2, 0.25) is 5.02 Å². The number of ether oxygens (including phenoxy) is 1. The van der Waals surface area contributed by atoms with Gasteiger partial charge in [-0.25, -0.2) is 4.39 Å². The van der Waals surface area contributed by atoms with Gasteiger partial charge in [-0.15, -0.1) is 0 Å². The number of aliphatic hydroxyl groups excluding tert-OH is 1. The number of hydrogen-bond acceptors (Lipinski definition) is 3. The van der Waals surface area contributed by atoms with E-state index in [1.807, 2.05) is 18.2 Å². The molecule has 0 heterocycles. The Labute approximate surface area is 142 Å². The third kappa shape index (κ3) is 4.95. The van der Waals surface area contributed by atoms with Crippen molar-refractivity contribution in [2.75, 3.05) is 13.2 Å². The van der Waals surface area contributed by atoms with Gasteiger partial charge in [0, 0.05) is 28.7 Å². The topological polar surface area (TPSA) is 41.5 Å². The van der Waals surface area contributed by atoms with Crippen molar-refractivity contribution in [1.82, 2.24) is 5.32 Å². The van der Waals surface area contributed by atoms with Gasteiger partial charge < -0.3 is 15.2 Å². The van der Waals surface area contributed by atoms with Crippen LogP contribution in [-0.4, -0.2) is 18.3 Å². The summed E-state index contributed by atoms with van der Waals surface area (Å²) in [6.45, 7) is 1.42. The van der Waals surface area contributed by atoms with Crippen LogP contribution in [0.25, 0.3) is 0 Å². The summed E-state index contributed by atoms with van der Waals surface area (Å²) >= 11 is 9.42. The molecule has 0 unspecified atom stereocenters. The standard InChI is InChI=1S/C16H16BrClFNO2/c17-13-2-4-16(12(7-13)9-20-5-6-21)22-10-11-1-3-14(19)8-15(11)18/h1-4,7-8,20-21H,5-6,9-10H2. The maximum atomic E-state index is 13.0. The van der Waals surface area contributed by atoms with Crippen molar-refractivity contribution < 1.29 is 14.2 Å². The van der Waals surface area contributed by atoms with Crippen LogP contribution in [0.5, 0.6) is 5.75 Å². The third-order valence-electron chi connectivity index (χ3n) is 3.02. The molecule has 2 aromatic carbocycles. The van der Waals surface area contributed by atoms with Crippen LogP contribution >= 0.6 is 27.5 Å². The number of rotatable bonds is 7. The molecular weight excluding hydrogens is 373 g/mol. The third-order valence-corrected chi connectivity index (χ3v) is 3.87. The lowest BCUT2D eigenvalue weighted by Crippen LogP contribution is -2.18. The first-order chi connectivity index (χ1) is 10.6. The zero-order chi connectivity index (χ0) is 15.9. The highest BCUT2D eigenvalue weighted by molar-refractivity contribution is 9.10. The van der Waals surface area contributed by atoms with Crippen molar-refractivity contribution in [3.8, 4) is 5.75 Å². The molecule has 0 aliphatic rings. The minimum Gasteiger partial charge on any atom is -0.489 e. The SMILES string of the molecule is OCCNCc1cc(Br)ccc1OCc1ccc(F)cc1Cl. The fourth-order valence-electron chi connectivity index (χ4n) is 1.92. The maximum absolute atomic E-state index is 13.0. The van der Waals surface area contributed by atoms with Crippen LogP contribution < -0.4 is 10.1 Å². The smallest absolute Gasteiger partial charge is 0.124 e.